The number of amides is 2. The smallest absolute Gasteiger partial charge is 0.424 e. The Hall–Kier alpha value is -4.52. The maximum atomic E-state index is 14.5. The van der Waals surface area contributed by atoms with Gasteiger partial charge in [-0.05, 0) is 49.4 Å². The largest absolute Gasteiger partial charge is 0.489 e. The van der Waals surface area contributed by atoms with Gasteiger partial charge >= 0.3 is 6.18 Å². The summed E-state index contributed by atoms with van der Waals surface area (Å²) in [6.45, 7) is -0.211. The summed E-state index contributed by atoms with van der Waals surface area (Å²) in [5.41, 5.74) is -0.128. The van der Waals surface area contributed by atoms with Crippen LogP contribution in [-0.4, -0.2) is 51.2 Å². The molecule has 0 saturated heterocycles. The molecule has 5 N–H and O–H groups in total. The van der Waals surface area contributed by atoms with Crippen molar-refractivity contribution in [1.29, 1.82) is 0 Å². The van der Waals surface area contributed by atoms with E-state index in [1.807, 2.05) is 0 Å². The second-order valence-electron chi connectivity index (χ2n) is 9.41. The van der Waals surface area contributed by atoms with Crippen LogP contribution in [0.2, 0.25) is 0 Å². The van der Waals surface area contributed by atoms with Crippen LogP contribution in [0.4, 0.5) is 17.6 Å². The average Bonchev–Trinajstić information content (AvgIpc) is 3.49. The van der Waals surface area contributed by atoms with Crippen LogP contribution in [0.5, 0.6) is 5.75 Å². The zero-order chi connectivity index (χ0) is 28.2. The number of fused-ring (bicyclic) bond motifs is 2. The zero-order valence-corrected chi connectivity index (χ0v) is 20.3. The number of hydrogen-bond donors (Lipinski definition) is 4. The fourth-order valence-corrected chi connectivity index (χ4v) is 4.34. The summed E-state index contributed by atoms with van der Waals surface area (Å²) in [6, 6.07) is 8.57. The lowest BCUT2D eigenvalue weighted by Gasteiger charge is -2.31. The number of hydrogen-bond acceptors (Lipinski definition) is 6. The highest BCUT2D eigenvalue weighted by Crippen LogP contribution is 2.47. The molecule has 2 atom stereocenters. The molecule has 0 aliphatic carbocycles. The van der Waals surface area contributed by atoms with Crippen LogP contribution >= 0.6 is 0 Å². The van der Waals surface area contributed by atoms with E-state index in [1.54, 1.807) is 6.07 Å². The molecule has 1 aliphatic heterocycles. The minimum Gasteiger partial charge on any atom is -0.489 e. The molecule has 202 valence electrons. The van der Waals surface area contributed by atoms with Gasteiger partial charge in [0, 0.05) is 34.4 Å². The standard InChI is InChI=1S/C26H21F4N5O4/c1-24(23(31)37)12-39-21-16(24)9-19(35-20(21)13-2-4-15(27)5-3-13)25(38,26(28,29)30)11-33-22(36)18-8-14-10-32-7-6-17(14)34-18/h2-10,34,38H,11-12H2,1H3,(H2,31,37)(H,33,36)/t24-,25-/m0/s1. The minimum absolute atomic E-state index is 0.0214. The van der Waals surface area contributed by atoms with Crippen molar-refractivity contribution in [2.75, 3.05) is 13.2 Å². The van der Waals surface area contributed by atoms with E-state index in [0.717, 1.165) is 18.2 Å². The van der Waals surface area contributed by atoms with Crippen molar-refractivity contribution < 1.29 is 37.0 Å². The number of H-pyrrole nitrogens is 1. The Labute approximate surface area is 218 Å². The van der Waals surface area contributed by atoms with Gasteiger partial charge in [-0.15, -0.1) is 0 Å². The number of rotatable bonds is 6. The first kappa shape index (κ1) is 26.1. The monoisotopic (exact) mass is 543 g/mol. The fourth-order valence-electron chi connectivity index (χ4n) is 4.34. The summed E-state index contributed by atoms with van der Waals surface area (Å²) in [4.78, 5) is 35.8. The lowest BCUT2D eigenvalue weighted by molar-refractivity contribution is -0.265. The molecule has 0 radical (unpaired) electrons. The highest BCUT2D eigenvalue weighted by molar-refractivity contribution is 5.97. The second kappa shape index (κ2) is 9.05. The number of pyridine rings is 2. The van der Waals surface area contributed by atoms with Crippen LogP contribution in [0, 0.1) is 5.82 Å². The van der Waals surface area contributed by atoms with E-state index in [0.29, 0.717) is 10.9 Å². The Morgan fingerprint density at radius 3 is 2.56 bits per heavy atom. The Balaban J connectivity index is 1.59. The van der Waals surface area contributed by atoms with E-state index in [2.05, 4.69) is 20.3 Å². The number of nitrogens with one attached hydrogen (secondary N) is 2. The maximum Gasteiger partial charge on any atom is 0.424 e. The molecule has 3 aromatic heterocycles. The topological polar surface area (TPSA) is 143 Å². The molecule has 39 heavy (non-hydrogen) atoms. The molecule has 0 bridgehead atoms. The van der Waals surface area contributed by atoms with Crippen molar-refractivity contribution in [2.45, 2.75) is 24.1 Å². The van der Waals surface area contributed by atoms with Gasteiger partial charge in [0.2, 0.25) is 11.5 Å². The van der Waals surface area contributed by atoms with Crippen LogP contribution in [0.25, 0.3) is 22.2 Å². The van der Waals surface area contributed by atoms with Gasteiger partial charge in [0.15, 0.2) is 0 Å². The number of aromatic nitrogens is 3. The lowest BCUT2D eigenvalue weighted by Crippen LogP contribution is -2.52. The summed E-state index contributed by atoms with van der Waals surface area (Å²) in [5, 5.41) is 13.7. The van der Waals surface area contributed by atoms with E-state index in [-0.39, 0.29) is 34.9 Å². The summed E-state index contributed by atoms with van der Waals surface area (Å²) >= 11 is 0. The van der Waals surface area contributed by atoms with Gasteiger partial charge in [-0.2, -0.15) is 13.2 Å². The highest BCUT2D eigenvalue weighted by Gasteiger charge is 2.57. The van der Waals surface area contributed by atoms with Gasteiger partial charge in [0.1, 0.15) is 35.0 Å². The van der Waals surface area contributed by atoms with Crippen molar-refractivity contribution in [1.82, 2.24) is 20.3 Å². The van der Waals surface area contributed by atoms with Gasteiger partial charge < -0.3 is 25.9 Å². The number of carbonyl (C=O) groups excluding carboxylic acids is 2. The average molecular weight is 543 g/mol. The molecular weight excluding hydrogens is 522 g/mol. The second-order valence-corrected chi connectivity index (χ2v) is 9.41. The Morgan fingerprint density at radius 1 is 1.21 bits per heavy atom. The van der Waals surface area contributed by atoms with Gasteiger partial charge in [0.05, 0.1) is 12.2 Å². The predicted octanol–water partition coefficient (Wildman–Crippen LogP) is 3.08. The Morgan fingerprint density at radius 2 is 1.92 bits per heavy atom. The van der Waals surface area contributed by atoms with E-state index in [9.17, 15) is 32.3 Å². The van der Waals surface area contributed by atoms with Crippen LogP contribution in [0.3, 0.4) is 0 Å². The van der Waals surface area contributed by atoms with Crippen molar-refractivity contribution >= 4 is 22.7 Å². The van der Waals surface area contributed by atoms with E-state index >= 15 is 0 Å². The Bertz CT molecular complexity index is 1570. The van der Waals surface area contributed by atoms with Gasteiger partial charge in [-0.1, -0.05) is 0 Å². The number of alkyl halides is 3. The van der Waals surface area contributed by atoms with E-state index in [1.165, 1.54) is 37.5 Å². The van der Waals surface area contributed by atoms with E-state index in [4.69, 9.17) is 10.5 Å². The SMILES string of the molecule is C[C@]1(C(N)=O)COc2c1cc([C@@](O)(CNC(=O)c1cc3cnccc3[nH]1)C(F)(F)F)nc2-c1ccc(F)cc1. The normalized spacial score (nSPS) is 18.3. The fraction of sp³-hybridized carbons (Fsp3) is 0.231. The number of nitrogens with zero attached hydrogens (tertiary/aromatic N) is 2. The van der Waals surface area contributed by atoms with Crippen molar-refractivity contribution in [3.05, 3.63) is 77.6 Å². The van der Waals surface area contributed by atoms with Crippen LogP contribution in [-0.2, 0) is 15.8 Å². The van der Waals surface area contributed by atoms with Gasteiger partial charge in [-0.3, -0.25) is 14.6 Å². The first-order chi connectivity index (χ1) is 18.3. The minimum atomic E-state index is -5.32. The molecule has 1 aromatic carbocycles. The molecule has 0 fully saturated rings. The third-order valence-corrected chi connectivity index (χ3v) is 6.80. The summed E-state index contributed by atoms with van der Waals surface area (Å²) < 4.78 is 62.6. The molecule has 0 unspecified atom stereocenters. The van der Waals surface area contributed by atoms with Crippen LogP contribution in [0.1, 0.15) is 28.7 Å². The molecule has 1 aliphatic rings. The number of carbonyl (C=O) groups is 2. The molecule has 5 rings (SSSR count). The first-order valence-electron chi connectivity index (χ1n) is 11.6. The lowest BCUT2D eigenvalue weighted by atomic mass is 9.81. The molecule has 0 spiro atoms. The van der Waals surface area contributed by atoms with Gasteiger partial charge in [-0.25, -0.2) is 9.37 Å². The van der Waals surface area contributed by atoms with Crippen molar-refractivity contribution in [3.63, 3.8) is 0 Å². The number of halogens is 4. The third kappa shape index (κ3) is 4.34. The predicted molar refractivity (Wildman–Crippen MR) is 130 cm³/mol. The van der Waals surface area contributed by atoms with Crippen LogP contribution in [0.15, 0.2) is 54.9 Å². The van der Waals surface area contributed by atoms with Crippen LogP contribution < -0.4 is 15.8 Å². The number of primary amides is 1. The Kier molecular flexibility index (Phi) is 6.06. The van der Waals surface area contributed by atoms with E-state index < -0.39 is 47.1 Å². The zero-order valence-electron chi connectivity index (χ0n) is 20.3. The molecule has 13 heteroatoms. The summed E-state index contributed by atoms with van der Waals surface area (Å²) in [5.74, 6) is -2.41. The number of nitrogens with two attached hydrogens (primary N) is 1. The summed E-state index contributed by atoms with van der Waals surface area (Å²) in [7, 11) is 0. The molecule has 4 aromatic rings. The maximum absolute atomic E-state index is 14.5. The first-order valence-corrected chi connectivity index (χ1v) is 11.6. The number of ether oxygens (including phenoxy) is 1. The number of aromatic amines is 1. The molecule has 9 nitrogen and oxygen atoms in total. The van der Waals surface area contributed by atoms with Crippen molar-refractivity contribution in [3.8, 4) is 17.0 Å². The number of aliphatic hydroxyl groups is 1. The third-order valence-electron chi connectivity index (χ3n) is 6.80. The van der Waals surface area contributed by atoms with Crippen molar-refractivity contribution in [2.24, 2.45) is 5.73 Å². The molecule has 0 saturated carbocycles. The highest BCUT2D eigenvalue weighted by atomic mass is 19.4. The summed E-state index contributed by atoms with van der Waals surface area (Å²) in [6.07, 6.45) is -2.38. The quantitative estimate of drug-likeness (QED) is 0.275. The molecule has 2 amide bonds. The molecular formula is C26H21F4N5O4. The molecule has 4 heterocycles. The van der Waals surface area contributed by atoms with Gasteiger partial charge in [0.25, 0.3) is 5.91 Å². The number of benzene rings is 1.